The molecular weight excluding hydrogens is 482 g/mol. The Morgan fingerprint density at radius 2 is 1.72 bits per heavy atom. The Hall–Kier alpha value is -4.31. The number of thiazole rings is 1. The van der Waals surface area contributed by atoms with Gasteiger partial charge in [0.25, 0.3) is 5.56 Å². The van der Waals surface area contributed by atoms with E-state index in [0.29, 0.717) is 27.2 Å². The molecule has 1 aromatic heterocycles. The molecule has 2 heterocycles. The fraction of sp³-hybridized carbons (Fsp3) is 0.192. The van der Waals surface area contributed by atoms with Crippen LogP contribution in [0.15, 0.2) is 58.9 Å². The first-order valence-corrected chi connectivity index (χ1v) is 11.8. The van der Waals surface area contributed by atoms with Gasteiger partial charge in [-0.2, -0.15) is 0 Å². The lowest BCUT2D eigenvalue weighted by molar-refractivity contribution is -0.138. The van der Waals surface area contributed by atoms with Gasteiger partial charge in [0.2, 0.25) is 5.91 Å². The van der Waals surface area contributed by atoms with Gasteiger partial charge in [-0.05, 0) is 48.4 Å². The summed E-state index contributed by atoms with van der Waals surface area (Å²) in [7, 11) is 3.06. The predicted octanol–water partition coefficient (Wildman–Crippen LogP) is 0.880. The number of nitrogens with zero attached hydrogens (tertiary/aromatic N) is 1. The Bertz CT molecular complexity index is 1570. The Morgan fingerprint density at radius 3 is 2.36 bits per heavy atom. The van der Waals surface area contributed by atoms with Crippen LogP contribution in [0.5, 0.6) is 11.5 Å². The number of carbonyl (C=O) groups excluding carboxylic acids is 2. The second-order valence-electron chi connectivity index (χ2n) is 7.84. The molecule has 4 rings (SSSR count). The molecule has 0 spiro atoms. The third-order valence-electron chi connectivity index (χ3n) is 5.73. The topological polar surface area (TPSA) is 136 Å². The van der Waals surface area contributed by atoms with Gasteiger partial charge in [-0.3, -0.25) is 14.2 Å². The van der Waals surface area contributed by atoms with Crippen LogP contribution in [0.3, 0.4) is 0 Å². The van der Waals surface area contributed by atoms with E-state index in [9.17, 15) is 14.4 Å². The van der Waals surface area contributed by atoms with Crippen LogP contribution in [0, 0.1) is 0 Å². The Balaban J connectivity index is 2.08. The van der Waals surface area contributed by atoms with Crippen molar-refractivity contribution in [3.05, 3.63) is 84.8 Å². The van der Waals surface area contributed by atoms with Gasteiger partial charge in [0.1, 0.15) is 22.0 Å². The van der Waals surface area contributed by atoms with Crippen LogP contribution >= 0.6 is 11.3 Å². The predicted molar refractivity (Wildman–Crippen MR) is 137 cm³/mol. The van der Waals surface area contributed by atoms with Crippen molar-refractivity contribution in [1.29, 1.82) is 0 Å². The van der Waals surface area contributed by atoms with E-state index in [1.807, 2.05) is 6.07 Å². The van der Waals surface area contributed by atoms with E-state index >= 15 is 0 Å². The van der Waals surface area contributed by atoms with Gasteiger partial charge in [0.05, 0.1) is 42.4 Å². The van der Waals surface area contributed by atoms with Gasteiger partial charge in [0.15, 0.2) is 0 Å². The molecule has 1 amide bonds. The summed E-state index contributed by atoms with van der Waals surface area (Å²) in [5, 5.41) is 0. The van der Waals surface area contributed by atoms with Crippen molar-refractivity contribution in [3.8, 4) is 11.5 Å². The number of carbonyl (C=O) groups is 2. The maximum atomic E-state index is 13.5. The van der Waals surface area contributed by atoms with Gasteiger partial charge in [-0.25, -0.2) is 4.79 Å². The molecule has 10 heteroatoms. The first-order chi connectivity index (χ1) is 17.3. The molecule has 36 heavy (non-hydrogen) atoms. The zero-order chi connectivity index (χ0) is 26.0. The number of hydrogen-bond acceptors (Lipinski definition) is 8. The normalized spacial score (nSPS) is 15.5. The summed E-state index contributed by atoms with van der Waals surface area (Å²) in [5.41, 5.74) is 13.1. The molecule has 1 atom stereocenters. The summed E-state index contributed by atoms with van der Waals surface area (Å²) in [6.07, 6.45) is 1.66. The lowest BCUT2D eigenvalue weighted by Gasteiger charge is -2.26. The van der Waals surface area contributed by atoms with E-state index in [1.54, 1.807) is 62.6 Å². The molecule has 0 fully saturated rings. The molecule has 0 radical (unpaired) electrons. The van der Waals surface area contributed by atoms with Crippen LogP contribution < -0.4 is 35.7 Å². The van der Waals surface area contributed by atoms with Crippen molar-refractivity contribution < 1.29 is 23.8 Å². The second-order valence-corrected chi connectivity index (χ2v) is 8.87. The molecule has 9 nitrogen and oxygen atoms in total. The smallest absolute Gasteiger partial charge is 0.338 e. The first kappa shape index (κ1) is 24.8. The summed E-state index contributed by atoms with van der Waals surface area (Å²) < 4.78 is 17.6. The van der Waals surface area contributed by atoms with Gasteiger partial charge < -0.3 is 25.7 Å². The summed E-state index contributed by atoms with van der Waals surface area (Å²) in [5.74, 6) is -1.48. The third kappa shape index (κ3) is 4.38. The number of aromatic nitrogens is 1. The SMILES string of the molecule is CCOC(=O)C1=C(N)n2c(sc(=Cc3cccc(OC)c3)c2=O)=C(C(N)=O)[C@H]1c1cccc(OC)c1. The van der Waals surface area contributed by atoms with Gasteiger partial charge >= 0.3 is 5.97 Å². The minimum atomic E-state index is -0.959. The number of methoxy groups -OCH3 is 2. The molecule has 2 aromatic carbocycles. The number of rotatable bonds is 7. The molecule has 3 aromatic rings. The molecule has 186 valence electrons. The Morgan fingerprint density at radius 1 is 1.06 bits per heavy atom. The molecule has 0 bridgehead atoms. The number of primary amides is 1. The standard InChI is InChI=1S/C26H25N3O6S/c1-4-35-26(32)20-19(15-8-6-10-17(13-15)34-3)21(23(28)30)25-29(22(20)27)24(31)18(36-25)12-14-7-5-9-16(11-14)33-2/h5-13,19H,4,27H2,1-3H3,(H2,28,30)/t19-/m0/s1. The minimum absolute atomic E-state index is 0.0424. The lowest BCUT2D eigenvalue weighted by Crippen LogP contribution is -2.42. The van der Waals surface area contributed by atoms with Crippen molar-refractivity contribution in [2.24, 2.45) is 11.5 Å². The van der Waals surface area contributed by atoms with E-state index in [1.165, 1.54) is 7.11 Å². The van der Waals surface area contributed by atoms with E-state index in [-0.39, 0.29) is 28.2 Å². The third-order valence-corrected chi connectivity index (χ3v) is 6.84. The van der Waals surface area contributed by atoms with Crippen molar-refractivity contribution in [2.45, 2.75) is 12.8 Å². The molecule has 0 unspecified atom stereocenters. The van der Waals surface area contributed by atoms with Crippen LogP contribution in [0.1, 0.15) is 24.0 Å². The number of nitrogens with two attached hydrogens (primary N) is 2. The van der Waals surface area contributed by atoms with Crippen LogP contribution in [0.25, 0.3) is 17.5 Å². The number of benzene rings is 2. The van der Waals surface area contributed by atoms with Crippen LogP contribution in [0.2, 0.25) is 0 Å². The molecule has 1 aliphatic rings. The molecule has 0 saturated heterocycles. The average Bonchev–Trinajstić information content (AvgIpc) is 3.19. The van der Waals surface area contributed by atoms with Crippen LogP contribution in [-0.4, -0.2) is 37.3 Å². The van der Waals surface area contributed by atoms with E-state index in [0.717, 1.165) is 15.9 Å². The van der Waals surface area contributed by atoms with Crippen molar-refractivity contribution in [3.63, 3.8) is 0 Å². The van der Waals surface area contributed by atoms with Crippen LogP contribution in [0.4, 0.5) is 0 Å². The van der Waals surface area contributed by atoms with E-state index in [2.05, 4.69) is 0 Å². The Labute approximate surface area is 210 Å². The van der Waals surface area contributed by atoms with Crippen molar-refractivity contribution in [1.82, 2.24) is 4.57 Å². The number of ether oxygens (including phenoxy) is 3. The zero-order valence-corrected chi connectivity index (χ0v) is 20.8. The number of amides is 1. The van der Waals surface area contributed by atoms with Gasteiger partial charge in [-0.15, -0.1) is 11.3 Å². The minimum Gasteiger partial charge on any atom is -0.497 e. The summed E-state index contributed by atoms with van der Waals surface area (Å²) in [4.78, 5) is 39.4. The number of hydrogen-bond donors (Lipinski definition) is 2. The highest BCUT2D eigenvalue weighted by atomic mass is 32.1. The van der Waals surface area contributed by atoms with Gasteiger partial charge in [0, 0.05) is 0 Å². The molecule has 0 aliphatic carbocycles. The second kappa shape index (κ2) is 10.1. The summed E-state index contributed by atoms with van der Waals surface area (Å²) >= 11 is 1.06. The highest BCUT2D eigenvalue weighted by molar-refractivity contribution is 7.07. The highest BCUT2D eigenvalue weighted by Gasteiger charge is 2.38. The monoisotopic (exact) mass is 507 g/mol. The lowest BCUT2D eigenvalue weighted by atomic mass is 9.83. The quantitative estimate of drug-likeness (QED) is 0.453. The maximum Gasteiger partial charge on any atom is 0.338 e. The molecular formula is C26H25N3O6S. The zero-order valence-electron chi connectivity index (χ0n) is 19.9. The maximum absolute atomic E-state index is 13.5. The van der Waals surface area contributed by atoms with Crippen molar-refractivity contribution in [2.75, 3.05) is 20.8 Å². The number of esters is 1. The molecule has 0 saturated carbocycles. The van der Waals surface area contributed by atoms with Crippen molar-refractivity contribution >= 4 is 40.7 Å². The summed E-state index contributed by atoms with van der Waals surface area (Å²) in [6, 6.07) is 14.0. The van der Waals surface area contributed by atoms with E-state index in [4.69, 9.17) is 25.7 Å². The average molecular weight is 508 g/mol. The highest BCUT2D eigenvalue weighted by Crippen LogP contribution is 2.38. The number of fused-ring (bicyclic) bond motifs is 1. The molecule has 4 N–H and O–H groups in total. The Kier molecular flexibility index (Phi) is 6.98. The fourth-order valence-electron chi connectivity index (χ4n) is 4.13. The largest absolute Gasteiger partial charge is 0.497 e. The summed E-state index contributed by atoms with van der Waals surface area (Å²) in [6.45, 7) is 1.73. The first-order valence-electron chi connectivity index (χ1n) is 11.0. The van der Waals surface area contributed by atoms with Crippen LogP contribution in [-0.2, 0) is 14.3 Å². The van der Waals surface area contributed by atoms with Gasteiger partial charge in [-0.1, -0.05) is 24.3 Å². The molecule has 1 aliphatic heterocycles. The fourth-order valence-corrected chi connectivity index (χ4v) is 5.32. The van der Waals surface area contributed by atoms with E-state index < -0.39 is 23.4 Å².